The van der Waals surface area contributed by atoms with Crippen molar-refractivity contribution in [2.75, 3.05) is 17.7 Å². The molecular formula is C21H16ClFN2O3. The second-order valence-corrected chi connectivity index (χ2v) is 6.27. The number of hydrogen-bond donors (Lipinski definition) is 2. The molecule has 0 aliphatic rings. The summed E-state index contributed by atoms with van der Waals surface area (Å²) in [6, 6.07) is 17.0. The molecule has 0 fully saturated rings. The first-order valence-electron chi connectivity index (χ1n) is 8.28. The van der Waals surface area contributed by atoms with Crippen molar-refractivity contribution in [2.24, 2.45) is 0 Å². The van der Waals surface area contributed by atoms with Gasteiger partial charge in [0.05, 0.1) is 12.7 Å². The van der Waals surface area contributed by atoms with Crippen LogP contribution in [0.15, 0.2) is 66.7 Å². The Morgan fingerprint density at radius 2 is 1.43 bits per heavy atom. The summed E-state index contributed by atoms with van der Waals surface area (Å²) in [6.45, 7) is 0. The highest BCUT2D eigenvalue weighted by molar-refractivity contribution is 6.30. The maximum absolute atomic E-state index is 13.8. The molecule has 0 radical (unpaired) electrons. The van der Waals surface area contributed by atoms with E-state index in [-0.39, 0.29) is 16.5 Å². The van der Waals surface area contributed by atoms with Crippen molar-refractivity contribution in [2.45, 2.75) is 0 Å². The van der Waals surface area contributed by atoms with Crippen LogP contribution in [-0.2, 0) is 0 Å². The fourth-order valence-corrected chi connectivity index (χ4v) is 2.61. The fraction of sp³-hybridized carbons (Fsp3) is 0.0476. The maximum Gasteiger partial charge on any atom is 0.258 e. The summed E-state index contributed by atoms with van der Waals surface area (Å²) in [5.74, 6) is -0.924. The molecule has 0 bridgehead atoms. The van der Waals surface area contributed by atoms with E-state index in [0.717, 1.165) is 6.07 Å². The fourth-order valence-electron chi connectivity index (χ4n) is 2.45. The van der Waals surface area contributed by atoms with E-state index >= 15 is 0 Å². The number of ether oxygens (including phenoxy) is 1. The van der Waals surface area contributed by atoms with Gasteiger partial charge >= 0.3 is 0 Å². The standard InChI is InChI=1S/C21H16ClFN2O3/c1-28-17-9-7-16(8-10-17)24-20(26)13-2-5-15(6-3-13)25-21(27)18-11-4-14(22)12-19(18)23/h2-12H,1H3,(H,24,26)(H,25,27). The Hall–Kier alpha value is -3.38. The summed E-state index contributed by atoms with van der Waals surface area (Å²) < 4.78 is 18.9. The van der Waals surface area contributed by atoms with Crippen molar-refractivity contribution in [1.29, 1.82) is 0 Å². The Balaban J connectivity index is 1.65. The molecule has 0 aliphatic carbocycles. The van der Waals surface area contributed by atoms with E-state index in [1.807, 2.05) is 0 Å². The molecular weight excluding hydrogens is 383 g/mol. The second kappa shape index (κ2) is 8.54. The first-order valence-corrected chi connectivity index (χ1v) is 8.66. The smallest absolute Gasteiger partial charge is 0.258 e. The highest BCUT2D eigenvalue weighted by Gasteiger charge is 2.13. The second-order valence-electron chi connectivity index (χ2n) is 5.84. The monoisotopic (exact) mass is 398 g/mol. The number of halogens is 2. The summed E-state index contributed by atoms with van der Waals surface area (Å²) >= 11 is 5.69. The summed E-state index contributed by atoms with van der Waals surface area (Å²) in [5, 5.41) is 5.55. The van der Waals surface area contributed by atoms with E-state index in [0.29, 0.717) is 22.7 Å². The third kappa shape index (κ3) is 4.66. The van der Waals surface area contributed by atoms with Crippen molar-refractivity contribution in [1.82, 2.24) is 0 Å². The van der Waals surface area contributed by atoms with E-state index < -0.39 is 11.7 Å². The van der Waals surface area contributed by atoms with Gasteiger partial charge in [-0.3, -0.25) is 9.59 Å². The average Bonchev–Trinajstić information content (AvgIpc) is 2.69. The third-order valence-corrected chi connectivity index (χ3v) is 4.16. The molecule has 3 aromatic carbocycles. The molecule has 0 saturated heterocycles. The van der Waals surface area contributed by atoms with E-state index in [1.165, 1.54) is 12.1 Å². The van der Waals surface area contributed by atoms with Crippen LogP contribution in [0.25, 0.3) is 0 Å². The molecule has 0 unspecified atom stereocenters. The predicted octanol–water partition coefficient (Wildman–Crippen LogP) is 4.99. The van der Waals surface area contributed by atoms with Crippen LogP contribution in [0.1, 0.15) is 20.7 Å². The lowest BCUT2D eigenvalue weighted by atomic mass is 10.1. The first kappa shape index (κ1) is 19.4. The highest BCUT2D eigenvalue weighted by atomic mass is 35.5. The van der Waals surface area contributed by atoms with E-state index in [2.05, 4.69) is 10.6 Å². The van der Waals surface area contributed by atoms with E-state index in [1.54, 1.807) is 55.6 Å². The number of nitrogens with one attached hydrogen (secondary N) is 2. The van der Waals surface area contributed by atoms with E-state index in [9.17, 15) is 14.0 Å². The normalized spacial score (nSPS) is 10.2. The minimum atomic E-state index is -0.708. The quantitative estimate of drug-likeness (QED) is 0.636. The molecule has 7 heteroatoms. The Bertz CT molecular complexity index is 1010. The molecule has 28 heavy (non-hydrogen) atoms. The van der Waals surface area contributed by atoms with Crippen LogP contribution < -0.4 is 15.4 Å². The van der Waals surface area contributed by atoms with Crippen LogP contribution in [0.2, 0.25) is 5.02 Å². The van der Waals surface area contributed by atoms with Crippen LogP contribution in [0, 0.1) is 5.82 Å². The number of carbonyl (C=O) groups excluding carboxylic acids is 2. The molecule has 0 saturated carbocycles. The highest BCUT2D eigenvalue weighted by Crippen LogP contribution is 2.18. The van der Waals surface area contributed by atoms with Gasteiger partial charge in [-0.2, -0.15) is 0 Å². The number of hydrogen-bond acceptors (Lipinski definition) is 3. The zero-order valence-electron chi connectivity index (χ0n) is 14.8. The Morgan fingerprint density at radius 3 is 2.00 bits per heavy atom. The van der Waals surface area contributed by atoms with Gasteiger partial charge in [0.1, 0.15) is 11.6 Å². The maximum atomic E-state index is 13.8. The van der Waals surface area contributed by atoms with Gasteiger partial charge in [-0.05, 0) is 66.7 Å². The number of amides is 2. The molecule has 0 atom stereocenters. The first-order chi connectivity index (χ1) is 13.5. The molecule has 2 amide bonds. The van der Waals surface area contributed by atoms with Crippen LogP contribution in [0.3, 0.4) is 0 Å². The van der Waals surface area contributed by atoms with Crippen molar-refractivity contribution < 1.29 is 18.7 Å². The van der Waals surface area contributed by atoms with Crippen molar-refractivity contribution in [3.63, 3.8) is 0 Å². The van der Waals surface area contributed by atoms with E-state index in [4.69, 9.17) is 16.3 Å². The molecule has 0 aliphatic heterocycles. The predicted molar refractivity (Wildman–Crippen MR) is 107 cm³/mol. The summed E-state index contributed by atoms with van der Waals surface area (Å²) in [5.41, 5.74) is 1.35. The molecule has 0 aromatic heterocycles. The molecule has 3 aromatic rings. The topological polar surface area (TPSA) is 67.4 Å². The van der Waals surface area contributed by atoms with Crippen molar-refractivity contribution >= 4 is 34.8 Å². The lowest BCUT2D eigenvalue weighted by Crippen LogP contribution is -2.14. The SMILES string of the molecule is COc1ccc(NC(=O)c2ccc(NC(=O)c3ccc(Cl)cc3F)cc2)cc1. The van der Waals surface area contributed by atoms with Crippen LogP contribution >= 0.6 is 11.6 Å². The van der Waals surface area contributed by atoms with Gasteiger partial charge in [0, 0.05) is 22.0 Å². The summed E-state index contributed by atoms with van der Waals surface area (Å²) in [4.78, 5) is 24.5. The lowest BCUT2D eigenvalue weighted by molar-refractivity contribution is 0.101. The van der Waals surface area contributed by atoms with Gasteiger partial charge in [0.2, 0.25) is 0 Å². The van der Waals surface area contributed by atoms with Crippen molar-refractivity contribution in [3.8, 4) is 5.75 Å². The lowest BCUT2D eigenvalue weighted by Gasteiger charge is -2.09. The van der Waals surface area contributed by atoms with Gasteiger partial charge < -0.3 is 15.4 Å². The molecule has 0 heterocycles. The minimum Gasteiger partial charge on any atom is -0.497 e. The number of methoxy groups -OCH3 is 1. The van der Waals surface area contributed by atoms with Gasteiger partial charge in [-0.1, -0.05) is 11.6 Å². The zero-order chi connectivity index (χ0) is 20.1. The number of anilines is 2. The number of benzene rings is 3. The number of carbonyl (C=O) groups is 2. The third-order valence-electron chi connectivity index (χ3n) is 3.93. The zero-order valence-corrected chi connectivity index (χ0v) is 15.6. The van der Waals surface area contributed by atoms with Gasteiger partial charge in [-0.25, -0.2) is 4.39 Å². The van der Waals surface area contributed by atoms with Crippen LogP contribution in [0.4, 0.5) is 15.8 Å². The molecule has 3 rings (SSSR count). The minimum absolute atomic E-state index is 0.120. The molecule has 5 nitrogen and oxygen atoms in total. The van der Waals surface area contributed by atoms with Gasteiger partial charge in [-0.15, -0.1) is 0 Å². The largest absolute Gasteiger partial charge is 0.497 e. The Morgan fingerprint density at radius 1 is 0.857 bits per heavy atom. The Labute approximate surface area is 166 Å². The molecule has 142 valence electrons. The summed E-state index contributed by atoms with van der Waals surface area (Å²) in [6.07, 6.45) is 0. The molecule has 2 N–H and O–H groups in total. The van der Waals surface area contributed by atoms with Gasteiger partial charge in [0.25, 0.3) is 11.8 Å². The average molecular weight is 399 g/mol. The summed E-state index contributed by atoms with van der Waals surface area (Å²) in [7, 11) is 1.56. The van der Waals surface area contributed by atoms with Crippen LogP contribution in [-0.4, -0.2) is 18.9 Å². The van der Waals surface area contributed by atoms with Crippen molar-refractivity contribution in [3.05, 3.63) is 88.7 Å². The molecule has 0 spiro atoms. The van der Waals surface area contributed by atoms with Crippen LogP contribution in [0.5, 0.6) is 5.75 Å². The number of rotatable bonds is 5. The Kier molecular flexibility index (Phi) is 5.91. The van der Waals surface area contributed by atoms with Gasteiger partial charge in [0.15, 0.2) is 0 Å².